The Morgan fingerprint density at radius 3 is 2.61 bits per heavy atom. The van der Waals surface area contributed by atoms with E-state index in [1.165, 1.54) is 17.3 Å². The quantitative estimate of drug-likeness (QED) is 0.354. The summed E-state index contributed by atoms with van der Waals surface area (Å²) in [5, 5.41) is 6.82. The van der Waals surface area contributed by atoms with Crippen molar-refractivity contribution in [2.24, 2.45) is 0 Å². The lowest BCUT2D eigenvalue weighted by Gasteiger charge is -2.08. The highest BCUT2D eigenvalue weighted by molar-refractivity contribution is 8.00. The molecular formula is C22H19N3OS2. The number of benzene rings is 2. The minimum atomic E-state index is 0.0151. The summed E-state index contributed by atoms with van der Waals surface area (Å²) < 4.78 is 0. The molecule has 1 N–H and O–H groups in total. The molecule has 28 heavy (non-hydrogen) atoms. The Hall–Kier alpha value is -2.70. The highest BCUT2D eigenvalue weighted by Gasteiger charge is 2.12. The lowest BCUT2D eigenvalue weighted by Crippen LogP contribution is -2.27. The van der Waals surface area contributed by atoms with Gasteiger partial charge in [0.1, 0.15) is 5.03 Å². The third-order valence-electron chi connectivity index (χ3n) is 4.23. The maximum Gasteiger partial charge on any atom is 0.230 e. The number of carbonyl (C=O) groups is 1. The van der Waals surface area contributed by atoms with E-state index in [0.717, 1.165) is 27.2 Å². The molecule has 140 valence electrons. The topological polar surface area (TPSA) is 54.9 Å². The van der Waals surface area contributed by atoms with Gasteiger partial charge in [-0.05, 0) is 29.5 Å². The van der Waals surface area contributed by atoms with Gasteiger partial charge in [0.2, 0.25) is 5.91 Å². The molecule has 0 aliphatic carbocycles. The van der Waals surface area contributed by atoms with Crippen LogP contribution in [0, 0.1) is 0 Å². The first-order chi connectivity index (χ1) is 13.8. The summed E-state index contributed by atoms with van der Waals surface area (Å²) >= 11 is 3.07. The number of aromatic nitrogens is 2. The van der Waals surface area contributed by atoms with Gasteiger partial charge in [0, 0.05) is 11.9 Å². The minimum Gasteiger partial charge on any atom is -0.355 e. The highest BCUT2D eigenvalue weighted by Crippen LogP contribution is 2.29. The van der Waals surface area contributed by atoms with Crippen LogP contribution in [0.5, 0.6) is 0 Å². The van der Waals surface area contributed by atoms with E-state index < -0.39 is 0 Å². The number of para-hydroxylation sites is 1. The molecule has 0 unspecified atom stereocenters. The molecule has 4 aromatic rings. The van der Waals surface area contributed by atoms with E-state index in [0.29, 0.717) is 18.1 Å². The summed E-state index contributed by atoms with van der Waals surface area (Å²) in [7, 11) is 0. The second kappa shape index (κ2) is 8.99. The van der Waals surface area contributed by atoms with Crippen LogP contribution in [0.1, 0.15) is 5.56 Å². The monoisotopic (exact) mass is 405 g/mol. The van der Waals surface area contributed by atoms with Crippen LogP contribution in [-0.2, 0) is 11.2 Å². The summed E-state index contributed by atoms with van der Waals surface area (Å²) in [6, 6.07) is 22.1. The fraction of sp³-hybridized carbons (Fsp3) is 0.136. The smallest absolute Gasteiger partial charge is 0.230 e. The number of nitrogens with zero attached hydrogens (tertiary/aromatic N) is 2. The normalized spacial score (nSPS) is 10.9. The Kier molecular flexibility index (Phi) is 5.99. The van der Waals surface area contributed by atoms with Crippen LogP contribution in [0.2, 0.25) is 0 Å². The van der Waals surface area contributed by atoms with Crippen LogP contribution in [0.4, 0.5) is 0 Å². The van der Waals surface area contributed by atoms with Crippen molar-refractivity contribution in [1.82, 2.24) is 15.3 Å². The van der Waals surface area contributed by atoms with Gasteiger partial charge in [-0.25, -0.2) is 9.97 Å². The lowest BCUT2D eigenvalue weighted by molar-refractivity contribution is -0.118. The predicted molar refractivity (Wildman–Crippen MR) is 117 cm³/mol. The van der Waals surface area contributed by atoms with Gasteiger partial charge in [0.25, 0.3) is 0 Å². The fourth-order valence-corrected chi connectivity index (χ4v) is 4.36. The van der Waals surface area contributed by atoms with Gasteiger partial charge < -0.3 is 5.32 Å². The molecule has 2 heterocycles. The molecule has 6 heteroatoms. The zero-order valence-corrected chi connectivity index (χ0v) is 16.8. The number of hydrogen-bond donors (Lipinski definition) is 1. The molecule has 0 saturated carbocycles. The Balaban J connectivity index is 1.43. The second-order valence-electron chi connectivity index (χ2n) is 6.22. The summed E-state index contributed by atoms with van der Waals surface area (Å²) in [5.41, 5.74) is 2.12. The van der Waals surface area contributed by atoms with E-state index in [9.17, 15) is 4.79 Å². The number of rotatable bonds is 7. The molecule has 0 spiro atoms. The molecule has 0 saturated heterocycles. The molecule has 4 rings (SSSR count). The van der Waals surface area contributed by atoms with E-state index in [-0.39, 0.29) is 5.91 Å². The molecule has 2 aromatic heterocycles. The number of carbonyl (C=O) groups excluding carboxylic acids is 1. The third kappa shape index (κ3) is 4.58. The van der Waals surface area contributed by atoms with Gasteiger partial charge in [-0.1, -0.05) is 66.4 Å². The average molecular weight is 406 g/mol. The van der Waals surface area contributed by atoms with Crippen molar-refractivity contribution in [3.8, 4) is 10.7 Å². The van der Waals surface area contributed by atoms with Crippen molar-refractivity contribution in [3.63, 3.8) is 0 Å². The van der Waals surface area contributed by atoms with Crippen molar-refractivity contribution in [2.75, 3.05) is 12.3 Å². The summed E-state index contributed by atoms with van der Waals surface area (Å²) in [6.07, 6.45) is 0.830. The number of fused-ring (bicyclic) bond motifs is 1. The van der Waals surface area contributed by atoms with Gasteiger partial charge in [0.05, 0.1) is 16.1 Å². The molecule has 2 aromatic carbocycles. The predicted octanol–water partition coefficient (Wildman–Crippen LogP) is 4.81. The van der Waals surface area contributed by atoms with Crippen LogP contribution in [0.25, 0.3) is 21.6 Å². The number of thioether (sulfide) groups is 1. The van der Waals surface area contributed by atoms with E-state index in [1.807, 2.05) is 60.0 Å². The first kappa shape index (κ1) is 18.7. The SMILES string of the molecule is O=C(CSc1nc(-c2cccs2)nc2ccccc12)NCCc1ccccc1. The van der Waals surface area contributed by atoms with Crippen molar-refractivity contribution >= 4 is 39.9 Å². The molecule has 1 amide bonds. The maximum absolute atomic E-state index is 12.3. The molecule has 0 radical (unpaired) electrons. The van der Waals surface area contributed by atoms with Gasteiger partial charge in [-0.3, -0.25) is 4.79 Å². The zero-order valence-electron chi connectivity index (χ0n) is 15.2. The van der Waals surface area contributed by atoms with Crippen LogP contribution in [0.3, 0.4) is 0 Å². The number of hydrogen-bond acceptors (Lipinski definition) is 5. The number of thiophene rings is 1. The third-order valence-corrected chi connectivity index (χ3v) is 6.09. The van der Waals surface area contributed by atoms with Crippen LogP contribution < -0.4 is 5.32 Å². The first-order valence-corrected chi connectivity index (χ1v) is 10.9. The number of amides is 1. The highest BCUT2D eigenvalue weighted by atomic mass is 32.2. The van der Waals surface area contributed by atoms with Crippen molar-refractivity contribution in [3.05, 3.63) is 77.7 Å². The van der Waals surface area contributed by atoms with E-state index >= 15 is 0 Å². The van der Waals surface area contributed by atoms with Crippen LogP contribution in [0.15, 0.2) is 77.1 Å². The van der Waals surface area contributed by atoms with E-state index in [4.69, 9.17) is 4.98 Å². The first-order valence-electron chi connectivity index (χ1n) is 9.04. The largest absolute Gasteiger partial charge is 0.355 e. The van der Waals surface area contributed by atoms with Crippen LogP contribution >= 0.6 is 23.1 Å². The Labute approximate surface area is 172 Å². The van der Waals surface area contributed by atoms with Gasteiger partial charge in [-0.2, -0.15) is 0 Å². The van der Waals surface area contributed by atoms with Gasteiger partial charge >= 0.3 is 0 Å². The molecule has 4 nitrogen and oxygen atoms in total. The van der Waals surface area contributed by atoms with Crippen molar-refractivity contribution in [2.45, 2.75) is 11.4 Å². The second-order valence-corrected chi connectivity index (χ2v) is 8.13. The maximum atomic E-state index is 12.3. The minimum absolute atomic E-state index is 0.0151. The zero-order chi connectivity index (χ0) is 19.2. The molecule has 0 aliphatic heterocycles. The molecule has 0 aliphatic rings. The fourth-order valence-electron chi connectivity index (χ4n) is 2.85. The average Bonchev–Trinajstić information content (AvgIpc) is 3.27. The lowest BCUT2D eigenvalue weighted by atomic mass is 10.1. The van der Waals surface area contributed by atoms with E-state index in [1.54, 1.807) is 11.3 Å². The van der Waals surface area contributed by atoms with Gasteiger partial charge in [0.15, 0.2) is 5.82 Å². The molecule has 0 fully saturated rings. The Morgan fingerprint density at radius 2 is 1.79 bits per heavy atom. The van der Waals surface area contributed by atoms with E-state index in [2.05, 4.69) is 22.4 Å². The Bertz CT molecular complexity index is 1070. The molecule has 0 atom stereocenters. The van der Waals surface area contributed by atoms with Crippen molar-refractivity contribution in [1.29, 1.82) is 0 Å². The van der Waals surface area contributed by atoms with Gasteiger partial charge in [-0.15, -0.1) is 11.3 Å². The van der Waals surface area contributed by atoms with Crippen LogP contribution in [-0.4, -0.2) is 28.2 Å². The standard InChI is InChI=1S/C22H19N3OS2/c26-20(23-13-12-16-7-2-1-3-8-16)15-28-22-17-9-4-5-10-18(17)24-21(25-22)19-11-6-14-27-19/h1-11,14H,12-13,15H2,(H,23,26). The summed E-state index contributed by atoms with van der Waals surface area (Å²) in [5.74, 6) is 1.06. The Morgan fingerprint density at radius 1 is 0.964 bits per heavy atom. The molecule has 0 bridgehead atoms. The summed E-state index contributed by atoms with van der Waals surface area (Å²) in [6.45, 7) is 0.633. The summed E-state index contributed by atoms with van der Waals surface area (Å²) in [4.78, 5) is 22.7. The number of nitrogens with one attached hydrogen (secondary N) is 1. The van der Waals surface area contributed by atoms with Crippen molar-refractivity contribution < 1.29 is 4.79 Å². The molecular weight excluding hydrogens is 386 g/mol.